The lowest BCUT2D eigenvalue weighted by Crippen LogP contribution is -2.57. The molecule has 1 aromatic rings. The van der Waals surface area contributed by atoms with Gasteiger partial charge in [0.2, 0.25) is 5.91 Å². The third-order valence-electron chi connectivity index (χ3n) is 3.95. The summed E-state index contributed by atoms with van der Waals surface area (Å²) in [6.07, 6.45) is 0.315. The van der Waals surface area contributed by atoms with Gasteiger partial charge in [0.05, 0.1) is 12.5 Å². The molecule has 0 aliphatic carbocycles. The minimum absolute atomic E-state index is 0.157. The molecule has 2 unspecified atom stereocenters. The van der Waals surface area contributed by atoms with Gasteiger partial charge in [-0.3, -0.25) is 14.4 Å². The molecule has 6 nitrogen and oxygen atoms in total. The summed E-state index contributed by atoms with van der Waals surface area (Å²) in [7, 11) is 0. The highest BCUT2D eigenvalue weighted by molar-refractivity contribution is 6.30. The second kappa shape index (κ2) is 8.15. The molecule has 1 aromatic carbocycles. The largest absolute Gasteiger partial charge is 0.463 e. The zero-order valence-electron chi connectivity index (χ0n) is 13.8. The van der Waals surface area contributed by atoms with Crippen molar-refractivity contribution in [2.45, 2.75) is 38.8 Å². The van der Waals surface area contributed by atoms with E-state index in [1.54, 1.807) is 31.2 Å². The first kappa shape index (κ1) is 18.3. The summed E-state index contributed by atoms with van der Waals surface area (Å²) >= 11 is 5.83. The number of amides is 2. The van der Waals surface area contributed by atoms with E-state index in [0.29, 0.717) is 30.1 Å². The van der Waals surface area contributed by atoms with Crippen LogP contribution in [0.5, 0.6) is 0 Å². The zero-order chi connectivity index (χ0) is 17.7. The Kier molecular flexibility index (Phi) is 6.20. The summed E-state index contributed by atoms with van der Waals surface area (Å²) in [6.45, 7) is 4.39. The average Bonchev–Trinajstić information content (AvgIpc) is 2.56. The highest BCUT2D eigenvalue weighted by atomic mass is 35.5. The number of nitrogens with one attached hydrogen (secondary N) is 1. The topological polar surface area (TPSA) is 75.7 Å². The molecule has 2 amide bonds. The minimum atomic E-state index is -0.863. The molecule has 1 aliphatic rings. The molecule has 0 radical (unpaired) electrons. The van der Waals surface area contributed by atoms with Crippen molar-refractivity contribution in [1.29, 1.82) is 0 Å². The zero-order valence-corrected chi connectivity index (χ0v) is 14.5. The fraction of sp³-hybridized carbons (Fsp3) is 0.471. The van der Waals surface area contributed by atoms with Gasteiger partial charge in [-0.15, -0.1) is 0 Å². The van der Waals surface area contributed by atoms with Crippen molar-refractivity contribution in [3.8, 4) is 0 Å². The molecule has 1 heterocycles. The molecule has 130 valence electrons. The lowest BCUT2D eigenvalue weighted by molar-refractivity contribution is -0.151. The van der Waals surface area contributed by atoms with E-state index in [2.05, 4.69) is 5.32 Å². The normalized spacial score (nSPS) is 18.7. The second-order valence-corrected chi connectivity index (χ2v) is 6.16. The number of nitrogens with zero attached hydrogens (tertiary/aromatic N) is 1. The van der Waals surface area contributed by atoms with Gasteiger partial charge < -0.3 is 15.0 Å². The minimum Gasteiger partial charge on any atom is -0.463 e. The summed E-state index contributed by atoms with van der Waals surface area (Å²) in [6, 6.07) is 5.58. The molecule has 7 heteroatoms. The fourth-order valence-corrected chi connectivity index (χ4v) is 2.56. The Morgan fingerprint density at radius 2 is 2.04 bits per heavy atom. The summed E-state index contributed by atoms with van der Waals surface area (Å²) in [5.41, 5.74) is 0.425. The van der Waals surface area contributed by atoms with Crippen molar-refractivity contribution >= 4 is 29.4 Å². The summed E-state index contributed by atoms with van der Waals surface area (Å²) in [5.74, 6) is -1.13. The van der Waals surface area contributed by atoms with E-state index in [9.17, 15) is 14.4 Å². The van der Waals surface area contributed by atoms with Crippen LogP contribution in [0.2, 0.25) is 5.02 Å². The molecular weight excluding hydrogens is 332 g/mol. The van der Waals surface area contributed by atoms with E-state index in [1.165, 1.54) is 4.90 Å². The first-order valence-electron chi connectivity index (χ1n) is 7.96. The van der Waals surface area contributed by atoms with Crippen LogP contribution >= 0.6 is 11.6 Å². The van der Waals surface area contributed by atoms with Crippen LogP contribution in [0, 0.1) is 0 Å². The Morgan fingerprint density at radius 1 is 1.38 bits per heavy atom. The van der Waals surface area contributed by atoms with E-state index in [0.717, 1.165) is 0 Å². The Balaban J connectivity index is 2.13. The Hall–Kier alpha value is -2.08. The van der Waals surface area contributed by atoms with Crippen molar-refractivity contribution in [1.82, 2.24) is 10.2 Å². The molecule has 1 saturated heterocycles. The van der Waals surface area contributed by atoms with Gasteiger partial charge in [0.25, 0.3) is 5.91 Å². The van der Waals surface area contributed by atoms with Gasteiger partial charge in [0.1, 0.15) is 6.04 Å². The molecule has 0 spiro atoms. The van der Waals surface area contributed by atoms with Crippen LogP contribution < -0.4 is 5.32 Å². The summed E-state index contributed by atoms with van der Waals surface area (Å²) in [5, 5.41) is 3.21. The quantitative estimate of drug-likeness (QED) is 0.822. The molecule has 0 aromatic heterocycles. The van der Waals surface area contributed by atoms with Gasteiger partial charge in [-0.1, -0.05) is 18.5 Å². The van der Waals surface area contributed by atoms with Gasteiger partial charge in [0.15, 0.2) is 0 Å². The van der Waals surface area contributed by atoms with Gasteiger partial charge in [-0.2, -0.15) is 0 Å². The molecule has 0 bridgehead atoms. The van der Waals surface area contributed by atoms with Gasteiger partial charge in [0, 0.05) is 23.7 Å². The van der Waals surface area contributed by atoms with Crippen molar-refractivity contribution in [2.75, 3.05) is 13.1 Å². The van der Waals surface area contributed by atoms with Crippen LogP contribution in [-0.4, -0.2) is 47.9 Å². The third kappa shape index (κ3) is 4.47. The van der Waals surface area contributed by atoms with Gasteiger partial charge >= 0.3 is 5.97 Å². The van der Waals surface area contributed by atoms with E-state index in [1.807, 2.05) is 6.92 Å². The number of halogens is 1. The van der Waals surface area contributed by atoms with E-state index in [4.69, 9.17) is 16.3 Å². The molecule has 1 fully saturated rings. The number of rotatable bonds is 5. The number of esters is 1. The van der Waals surface area contributed by atoms with Crippen molar-refractivity contribution in [3.63, 3.8) is 0 Å². The number of carbonyl (C=O) groups is 3. The molecular formula is C17H21ClN2O4. The maximum absolute atomic E-state index is 12.7. The molecule has 2 atom stereocenters. The second-order valence-electron chi connectivity index (χ2n) is 5.73. The first-order chi connectivity index (χ1) is 11.4. The number of piperazine rings is 1. The van der Waals surface area contributed by atoms with Crippen LogP contribution in [-0.2, 0) is 14.3 Å². The van der Waals surface area contributed by atoms with E-state index >= 15 is 0 Å². The van der Waals surface area contributed by atoms with Crippen LogP contribution in [0.4, 0.5) is 0 Å². The lowest BCUT2D eigenvalue weighted by atomic mass is 10.1. The van der Waals surface area contributed by atoms with Crippen molar-refractivity contribution < 1.29 is 19.1 Å². The van der Waals surface area contributed by atoms with E-state index < -0.39 is 12.0 Å². The van der Waals surface area contributed by atoms with Crippen LogP contribution in [0.3, 0.4) is 0 Å². The van der Waals surface area contributed by atoms with Gasteiger partial charge in [-0.05, 0) is 37.6 Å². The van der Waals surface area contributed by atoms with Crippen LogP contribution in [0.25, 0.3) is 0 Å². The smallest absolute Gasteiger partial charge is 0.308 e. The maximum atomic E-state index is 12.7. The fourth-order valence-electron chi connectivity index (χ4n) is 2.43. The number of carbonyl (C=O) groups excluding carboxylic acids is 3. The molecule has 2 rings (SSSR count). The van der Waals surface area contributed by atoms with Crippen molar-refractivity contribution in [2.24, 2.45) is 0 Å². The van der Waals surface area contributed by atoms with E-state index in [-0.39, 0.29) is 24.3 Å². The molecule has 24 heavy (non-hydrogen) atoms. The Morgan fingerprint density at radius 3 is 2.67 bits per heavy atom. The number of benzene rings is 1. The first-order valence-corrected chi connectivity index (χ1v) is 8.34. The number of hydrogen-bond donors (Lipinski definition) is 1. The van der Waals surface area contributed by atoms with Crippen molar-refractivity contribution in [3.05, 3.63) is 34.9 Å². The third-order valence-corrected chi connectivity index (χ3v) is 4.20. The maximum Gasteiger partial charge on any atom is 0.308 e. The highest BCUT2D eigenvalue weighted by Gasteiger charge is 2.35. The number of ether oxygens (including phenoxy) is 1. The summed E-state index contributed by atoms with van der Waals surface area (Å²) < 4.78 is 5.23. The predicted molar refractivity (Wildman–Crippen MR) is 89.7 cm³/mol. The SMILES string of the molecule is CCC(C)OC(=O)CC1C(=O)NCCN1C(=O)c1ccc(Cl)cc1. The standard InChI is InChI=1S/C17H21ClN2O4/c1-3-11(2)24-15(21)10-14-16(22)19-8-9-20(14)17(23)12-4-6-13(18)7-5-12/h4-7,11,14H,3,8-10H2,1-2H3,(H,19,22). The monoisotopic (exact) mass is 352 g/mol. The average molecular weight is 353 g/mol. The number of hydrogen-bond acceptors (Lipinski definition) is 4. The lowest BCUT2D eigenvalue weighted by Gasteiger charge is -2.34. The summed E-state index contributed by atoms with van der Waals surface area (Å²) in [4.78, 5) is 38.3. The highest BCUT2D eigenvalue weighted by Crippen LogP contribution is 2.17. The predicted octanol–water partition coefficient (Wildman–Crippen LogP) is 2.01. The van der Waals surface area contributed by atoms with Crippen LogP contribution in [0.1, 0.15) is 37.0 Å². The van der Waals surface area contributed by atoms with Gasteiger partial charge in [-0.25, -0.2) is 0 Å². The Bertz CT molecular complexity index is 618. The molecule has 0 saturated carbocycles. The molecule has 1 aliphatic heterocycles. The Labute approximate surface area is 146 Å². The van der Waals surface area contributed by atoms with Crippen LogP contribution in [0.15, 0.2) is 24.3 Å². The molecule has 1 N–H and O–H groups in total.